The SMILES string of the molecule is Nc1nc(-c2c(F)ccc(Cl)c2F)ns1. The molecule has 0 bridgehead atoms. The van der Waals surface area contributed by atoms with Crippen molar-refractivity contribution < 1.29 is 8.78 Å². The van der Waals surface area contributed by atoms with Gasteiger partial charge in [0.05, 0.1) is 10.6 Å². The largest absolute Gasteiger partial charge is 0.374 e. The maximum Gasteiger partial charge on any atom is 0.200 e. The Morgan fingerprint density at radius 3 is 2.67 bits per heavy atom. The Balaban J connectivity index is 2.66. The Kier molecular flexibility index (Phi) is 2.54. The van der Waals surface area contributed by atoms with E-state index in [4.69, 9.17) is 17.3 Å². The molecule has 0 amide bonds. The molecule has 78 valence electrons. The van der Waals surface area contributed by atoms with Crippen LogP contribution in [0, 0.1) is 11.6 Å². The number of rotatable bonds is 1. The monoisotopic (exact) mass is 247 g/mol. The predicted octanol–water partition coefficient (Wildman–Crippen LogP) is 2.72. The average Bonchev–Trinajstić information content (AvgIpc) is 2.59. The molecule has 0 spiro atoms. The second-order valence-corrected chi connectivity index (χ2v) is 3.87. The third-order valence-electron chi connectivity index (χ3n) is 1.71. The first-order valence-electron chi connectivity index (χ1n) is 3.82. The van der Waals surface area contributed by atoms with Gasteiger partial charge in [-0.25, -0.2) is 8.78 Å². The molecular formula is C8H4ClF2N3S. The standard InChI is InChI=1S/C8H4ClF2N3S/c9-3-1-2-4(10)5(6(3)11)7-13-8(12)15-14-7/h1-2H,(H2,12,13,14). The van der Waals surface area contributed by atoms with Gasteiger partial charge in [0.1, 0.15) is 5.82 Å². The Morgan fingerprint density at radius 2 is 2.07 bits per heavy atom. The van der Waals surface area contributed by atoms with Gasteiger partial charge in [-0.2, -0.15) is 9.36 Å². The van der Waals surface area contributed by atoms with Crippen LogP contribution in [-0.4, -0.2) is 9.36 Å². The Hall–Kier alpha value is -1.27. The van der Waals surface area contributed by atoms with Crippen molar-refractivity contribution in [3.05, 3.63) is 28.8 Å². The van der Waals surface area contributed by atoms with Gasteiger partial charge in [0, 0.05) is 11.5 Å². The molecule has 0 unspecified atom stereocenters. The summed E-state index contributed by atoms with van der Waals surface area (Å²) in [5, 5.41) is -0.0384. The number of benzene rings is 1. The van der Waals surface area contributed by atoms with Crippen molar-refractivity contribution in [3.63, 3.8) is 0 Å². The Labute approximate surface area is 92.7 Å². The molecule has 0 saturated heterocycles. The van der Waals surface area contributed by atoms with Gasteiger partial charge >= 0.3 is 0 Å². The normalized spacial score (nSPS) is 10.6. The van der Waals surface area contributed by atoms with Crippen LogP contribution in [0.2, 0.25) is 5.02 Å². The number of nitrogen functional groups attached to an aromatic ring is 1. The van der Waals surface area contributed by atoms with E-state index in [1.165, 1.54) is 0 Å². The van der Waals surface area contributed by atoms with Gasteiger partial charge in [0.25, 0.3) is 0 Å². The summed E-state index contributed by atoms with van der Waals surface area (Å²) in [7, 11) is 0. The summed E-state index contributed by atoms with van der Waals surface area (Å²) in [6.07, 6.45) is 0. The van der Waals surface area contributed by atoms with E-state index in [9.17, 15) is 8.78 Å². The zero-order valence-corrected chi connectivity index (χ0v) is 8.74. The lowest BCUT2D eigenvalue weighted by atomic mass is 10.2. The van der Waals surface area contributed by atoms with E-state index >= 15 is 0 Å². The van der Waals surface area contributed by atoms with E-state index < -0.39 is 11.6 Å². The van der Waals surface area contributed by atoms with Crippen molar-refractivity contribution in [1.29, 1.82) is 0 Å². The molecule has 2 N–H and O–H groups in total. The van der Waals surface area contributed by atoms with Gasteiger partial charge < -0.3 is 5.73 Å². The van der Waals surface area contributed by atoms with Gasteiger partial charge in [-0.3, -0.25) is 0 Å². The molecule has 3 nitrogen and oxygen atoms in total. The van der Waals surface area contributed by atoms with Crippen molar-refractivity contribution in [3.8, 4) is 11.4 Å². The van der Waals surface area contributed by atoms with Crippen LogP contribution in [0.25, 0.3) is 11.4 Å². The van der Waals surface area contributed by atoms with Crippen molar-refractivity contribution in [2.75, 3.05) is 5.73 Å². The fourth-order valence-corrected chi connectivity index (χ4v) is 1.67. The van der Waals surface area contributed by atoms with E-state index in [-0.39, 0.29) is 21.5 Å². The number of hydrogen-bond acceptors (Lipinski definition) is 4. The molecule has 0 radical (unpaired) electrons. The Bertz CT molecular complexity index is 515. The average molecular weight is 248 g/mol. The smallest absolute Gasteiger partial charge is 0.200 e. The van der Waals surface area contributed by atoms with Crippen LogP contribution in [0.4, 0.5) is 13.9 Å². The summed E-state index contributed by atoms with van der Waals surface area (Å²) < 4.78 is 30.5. The summed E-state index contributed by atoms with van der Waals surface area (Å²) in [5.74, 6) is -1.74. The van der Waals surface area contributed by atoms with E-state index in [1.54, 1.807) is 0 Å². The number of aromatic nitrogens is 2. The molecule has 1 heterocycles. The van der Waals surface area contributed by atoms with Crippen LogP contribution in [0.5, 0.6) is 0 Å². The Morgan fingerprint density at radius 1 is 1.33 bits per heavy atom. The van der Waals surface area contributed by atoms with E-state index in [1.807, 2.05) is 0 Å². The molecule has 7 heteroatoms. The molecule has 0 atom stereocenters. The highest BCUT2D eigenvalue weighted by Crippen LogP contribution is 2.29. The number of halogens is 3. The second-order valence-electron chi connectivity index (χ2n) is 2.67. The molecule has 0 aliphatic rings. The molecule has 0 aliphatic heterocycles. The predicted molar refractivity (Wildman–Crippen MR) is 54.7 cm³/mol. The molecule has 0 fully saturated rings. The van der Waals surface area contributed by atoms with Gasteiger partial charge in [-0.1, -0.05) is 11.6 Å². The first-order chi connectivity index (χ1) is 7.09. The van der Waals surface area contributed by atoms with Gasteiger partial charge in [-0.05, 0) is 12.1 Å². The maximum absolute atomic E-state index is 13.5. The van der Waals surface area contributed by atoms with Crippen LogP contribution >= 0.6 is 23.1 Å². The maximum atomic E-state index is 13.5. The first kappa shape index (κ1) is 10.3. The van der Waals surface area contributed by atoms with Crippen LogP contribution in [0.3, 0.4) is 0 Å². The number of nitrogens with zero attached hydrogens (tertiary/aromatic N) is 2. The molecule has 0 aliphatic carbocycles. The summed E-state index contributed by atoms with van der Waals surface area (Å²) in [6, 6.07) is 2.18. The molecule has 2 rings (SSSR count). The zero-order valence-electron chi connectivity index (χ0n) is 7.17. The highest BCUT2D eigenvalue weighted by molar-refractivity contribution is 7.09. The van der Waals surface area contributed by atoms with E-state index in [2.05, 4.69) is 9.36 Å². The number of anilines is 1. The summed E-state index contributed by atoms with van der Waals surface area (Å²) in [4.78, 5) is 3.69. The van der Waals surface area contributed by atoms with Crippen LogP contribution in [-0.2, 0) is 0 Å². The summed E-state index contributed by atoms with van der Waals surface area (Å²) in [5.41, 5.74) is 4.97. The van der Waals surface area contributed by atoms with Crippen molar-refractivity contribution >= 4 is 28.3 Å². The van der Waals surface area contributed by atoms with Gasteiger partial charge in [0.15, 0.2) is 16.8 Å². The lowest BCUT2D eigenvalue weighted by Gasteiger charge is -2.01. The molecule has 2 aromatic rings. The fraction of sp³-hybridized carbons (Fsp3) is 0. The summed E-state index contributed by atoms with van der Waals surface area (Å²) in [6.45, 7) is 0. The van der Waals surface area contributed by atoms with Crippen LogP contribution in [0.1, 0.15) is 0 Å². The third kappa shape index (κ3) is 1.78. The molecular weight excluding hydrogens is 244 g/mol. The lowest BCUT2D eigenvalue weighted by Crippen LogP contribution is -1.93. The number of nitrogens with two attached hydrogens (primary N) is 1. The van der Waals surface area contributed by atoms with Crippen molar-refractivity contribution in [2.45, 2.75) is 0 Å². The minimum absolute atomic E-state index is 0.0880. The van der Waals surface area contributed by atoms with Crippen molar-refractivity contribution in [2.24, 2.45) is 0 Å². The summed E-state index contributed by atoms with van der Waals surface area (Å²) >= 11 is 6.38. The molecule has 1 aromatic heterocycles. The highest BCUT2D eigenvalue weighted by Gasteiger charge is 2.18. The quantitative estimate of drug-likeness (QED) is 0.789. The first-order valence-corrected chi connectivity index (χ1v) is 4.98. The zero-order chi connectivity index (χ0) is 11.0. The topological polar surface area (TPSA) is 51.8 Å². The number of hydrogen-bond donors (Lipinski definition) is 1. The third-order valence-corrected chi connectivity index (χ3v) is 2.54. The molecule has 0 saturated carbocycles. The van der Waals surface area contributed by atoms with E-state index in [0.717, 1.165) is 23.7 Å². The van der Waals surface area contributed by atoms with Gasteiger partial charge in [-0.15, -0.1) is 0 Å². The highest BCUT2D eigenvalue weighted by atomic mass is 35.5. The minimum atomic E-state index is -0.880. The second kappa shape index (κ2) is 3.71. The van der Waals surface area contributed by atoms with Gasteiger partial charge in [0.2, 0.25) is 0 Å². The molecule has 1 aromatic carbocycles. The van der Waals surface area contributed by atoms with Crippen LogP contribution < -0.4 is 5.73 Å². The van der Waals surface area contributed by atoms with Crippen LogP contribution in [0.15, 0.2) is 12.1 Å². The van der Waals surface area contributed by atoms with Crippen molar-refractivity contribution in [1.82, 2.24) is 9.36 Å². The van der Waals surface area contributed by atoms with E-state index in [0.29, 0.717) is 0 Å². The minimum Gasteiger partial charge on any atom is -0.374 e. The fourth-order valence-electron chi connectivity index (χ4n) is 1.07. The molecule has 15 heavy (non-hydrogen) atoms. The lowest BCUT2D eigenvalue weighted by molar-refractivity contribution is 0.588.